The molecule has 1 aliphatic heterocycles. The molecule has 1 aliphatic rings. The van der Waals surface area contributed by atoms with Crippen molar-refractivity contribution in [1.82, 2.24) is 14.6 Å². The number of hydrogen-bond donors (Lipinski definition) is 1. The molecule has 0 radical (unpaired) electrons. The molecule has 1 saturated heterocycles. The summed E-state index contributed by atoms with van der Waals surface area (Å²) in [6.45, 7) is 6.77. The third-order valence-electron chi connectivity index (χ3n) is 3.51. The van der Waals surface area contributed by atoms with Crippen LogP contribution in [0.3, 0.4) is 0 Å². The second-order valence-electron chi connectivity index (χ2n) is 5.87. The molecule has 6 nitrogen and oxygen atoms in total. The molecule has 1 fully saturated rings. The highest BCUT2D eigenvalue weighted by atomic mass is 32.2. The van der Waals surface area contributed by atoms with Crippen molar-refractivity contribution in [2.45, 2.75) is 54.8 Å². The van der Waals surface area contributed by atoms with Gasteiger partial charge in [-0.1, -0.05) is 11.8 Å². The van der Waals surface area contributed by atoms with Crippen molar-refractivity contribution >= 4 is 27.7 Å². The number of hydrogen-bond acceptors (Lipinski definition) is 5. The van der Waals surface area contributed by atoms with Crippen molar-refractivity contribution in [3.8, 4) is 0 Å². The van der Waals surface area contributed by atoms with Crippen LogP contribution in [0, 0.1) is 0 Å². The van der Waals surface area contributed by atoms with E-state index in [1.807, 2.05) is 13.8 Å². The minimum absolute atomic E-state index is 0.0550. The monoisotopic (exact) mass is 357 g/mol. The molecular weight excluding hydrogens is 334 g/mol. The smallest absolute Gasteiger partial charge is 0.244 e. The van der Waals surface area contributed by atoms with Gasteiger partial charge in [0.25, 0.3) is 0 Å². The number of amides is 1. The molecule has 1 N–H and O–H groups in total. The van der Waals surface area contributed by atoms with E-state index in [1.165, 1.54) is 22.3 Å². The highest BCUT2D eigenvalue weighted by molar-refractivity contribution is 8.00. The van der Waals surface area contributed by atoms with Crippen molar-refractivity contribution < 1.29 is 13.2 Å². The van der Waals surface area contributed by atoms with Gasteiger partial charge in [0, 0.05) is 25.3 Å². The number of rotatable bonds is 6. The predicted molar refractivity (Wildman–Crippen MR) is 90.8 cm³/mol. The van der Waals surface area contributed by atoms with Gasteiger partial charge in [0.05, 0.1) is 10.3 Å². The van der Waals surface area contributed by atoms with Crippen LogP contribution in [-0.4, -0.2) is 48.0 Å². The van der Waals surface area contributed by atoms with Crippen LogP contribution < -0.4 is 5.32 Å². The zero-order valence-electron chi connectivity index (χ0n) is 13.7. The summed E-state index contributed by atoms with van der Waals surface area (Å²) in [4.78, 5) is 16.3. The molecule has 0 saturated carbocycles. The Bertz CT molecular complexity index is 638. The molecule has 1 amide bonds. The zero-order valence-corrected chi connectivity index (χ0v) is 15.3. The second-order valence-corrected chi connectivity index (χ2v) is 9.17. The summed E-state index contributed by atoms with van der Waals surface area (Å²) < 4.78 is 26.3. The van der Waals surface area contributed by atoms with Crippen LogP contribution in [0.2, 0.25) is 0 Å². The molecule has 0 bridgehead atoms. The van der Waals surface area contributed by atoms with E-state index in [2.05, 4.69) is 10.3 Å². The Kier molecular flexibility index (Phi) is 6.05. The Morgan fingerprint density at radius 1 is 1.26 bits per heavy atom. The van der Waals surface area contributed by atoms with Gasteiger partial charge in [-0.25, -0.2) is 13.4 Å². The van der Waals surface area contributed by atoms with Crippen LogP contribution in [0.1, 0.15) is 33.6 Å². The van der Waals surface area contributed by atoms with Gasteiger partial charge < -0.3 is 5.32 Å². The van der Waals surface area contributed by atoms with E-state index in [4.69, 9.17) is 0 Å². The van der Waals surface area contributed by atoms with Crippen LogP contribution in [0.25, 0.3) is 0 Å². The Balaban J connectivity index is 2.03. The zero-order chi connectivity index (χ0) is 17.0. The molecule has 2 rings (SSSR count). The molecule has 2 heterocycles. The number of nitrogens with one attached hydrogen (secondary N) is 1. The first kappa shape index (κ1) is 18.2. The maximum Gasteiger partial charge on any atom is 0.244 e. The van der Waals surface area contributed by atoms with Crippen molar-refractivity contribution in [2.24, 2.45) is 0 Å². The molecule has 0 aromatic carbocycles. The van der Waals surface area contributed by atoms with Gasteiger partial charge in [-0.2, -0.15) is 4.31 Å². The minimum atomic E-state index is -3.43. The molecule has 1 atom stereocenters. The standard InChI is InChI=1S/C15H23N3O3S2/c1-11(2)17-15(19)12(3)22-14-7-6-13(10-16-14)23(20,21)18-8-4-5-9-18/h6-7,10-12H,4-5,8-9H2,1-3H3,(H,17,19)/t12-/m1/s1. The van der Waals surface area contributed by atoms with E-state index in [9.17, 15) is 13.2 Å². The van der Waals surface area contributed by atoms with Crippen molar-refractivity contribution in [3.63, 3.8) is 0 Å². The van der Waals surface area contributed by atoms with Crippen LogP contribution in [0.4, 0.5) is 0 Å². The topological polar surface area (TPSA) is 79.4 Å². The van der Waals surface area contributed by atoms with Crippen LogP contribution in [-0.2, 0) is 14.8 Å². The lowest BCUT2D eigenvalue weighted by Gasteiger charge is -2.16. The number of nitrogens with zero attached hydrogens (tertiary/aromatic N) is 2. The molecule has 1 aromatic rings. The number of pyridine rings is 1. The minimum Gasteiger partial charge on any atom is -0.353 e. The van der Waals surface area contributed by atoms with Gasteiger partial charge in [0.2, 0.25) is 15.9 Å². The molecule has 8 heteroatoms. The van der Waals surface area contributed by atoms with E-state index in [-0.39, 0.29) is 22.1 Å². The van der Waals surface area contributed by atoms with Gasteiger partial charge in [-0.3, -0.25) is 4.79 Å². The van der Waals surface area contributed by atoms with Crippen molar-refractivity contribution in [1.29, 1.82) is 0 Å². The number of carbonyl (C=O) groups excluding carboxylic acids is 1. The number of thioether (sulfide) groups is 1. The molecule has 23 heavy (non-hydrogen) atoms. The molecular formula is C15H23N3O3S2. The maximum atomic E-state index is 12.4. The van der Waals surface area contributed by atoms with Gasteiger partial charge in [0.1, 0.15) is 4.90 Å². The molecule has 1 aromatic heterocycles. The SMILES string of the molecule is CC(C)NC(=O)[C@@H](C)Sc1ccc(S(=O)(=O)N2CCCC2)cn1. The van der Waals surface area contributed by atoms with E-state index >= 15 is 0 Å². The Morgan fingerprint density at radius 3 is 2.43 bits per heavy atom. The summed E-state index contributed by atoms with van der Waals surface area (Å²) in [6.07, 6.45) is 3.19. The quantitative estimate of drug-likeness (QED) is 0.786. The summed E-state index contributed by atoms with van der Waals surface area (Å²) in [5, 5.41) is 3.20. The summed E-state index contributed by atoms with van der Waals surface area (Å²) in [5.41, 5.74) is 0. The van der Waals surface area contributed by atoms with E-state index < -0.39 is 10.0 Å². The highest BCUT2D eigenvalue weighted by Crippen LogP contribution is 2.24. The largest absolute Gasteiger partial charge is 0.353 e. The third kappa shape index (κ3) is 4.68. The van der Waals surface area contributed by atoms with Gasteiger partial charge in [-0.05, 0) is 45.7 Å². The first-order valence-electron chi connectivity index (χ1n) is 7.74. The number of carbonyl (C=O) groups is 1. The molecule has 0 aliphatic carbocycles. The van der Waals surface area contributed by atoms with Gasteiger partial charge >= 0.3 is 0 Å². The summed E-state index contributed by atoms with van der Waals surface area (Å²) in [6, 6.07) is 3.31. The van der Waals surface area contributed by atoms with Crippen molar-refractivity contribution in [3.05, 3.63) is 18.3 Å². The third-order valence-corrected chi connectivity index (χ3v) is 6.44. The second kappa shape index (κ2) is 7.63. The number of sulfonamides is 1. The lowest BCUT2D eigenvalue weighted by atomic mass is 10.3. The van der Waals surface area contributed by atoms with Crippen LogP contribution in [0.15, 0.2) is 28.3 Å². The van der Waals surface area contributed by atoms with Crippen molar-refractivity contribution in [2.75, 3.05) is 13.1 Å². The summed E-state index contributed by atoms with van der Waals surface area (Å²) in [7, 11) is -3.43. The average Bonchev–Trinajstić information content (AvgIpc) is 3.02. The predicted octanol–water partition coefficient (Wildman–Crippen LogP) is 1.87. The summed E-state index contributed by atoms with van der Waals surface area (Å²) >= 11 is 1.31. The van der Waals surface area contributed by atoms with E-state index in [0.29, 0.717) is 18.1 Å². The summed E-state index contributed by atoms with van der Waals surface area (Å²) in [5.74, 6) is -0.0550. The van der Waals surface area contributed by atoms with Crippen LogP contribution >= 0.6 is 11.8 Å². The highest BCUT2D eigenvalue weighted by Gasteiger charge is 2.27. The average molecular weight is 358 g/mol. The lowest BCUT2D eigenvalue weighted by Crippen LogP contribution is -2.35. The molecule has 0 unspecified atom stereocenters. The van der Waals surface area contributed by atoms with Crippen LogP contribution in [0.5, 0.6) is 0 Å². The van der Waals surface area contributed by atoms with Gasteiger partial charge in [0.15, 0.2) is 0 Å². The lowest BCUT2D eigenvalue weighted by molar-refractivity contribution is -0.120. The normalized spacial score (nSPS) is 17.4. The fourth-order valence-corrected chi connectivity index (χ4v) is 4.56. The van der Waals surface area contributed by atoms with E-state index in [1.54, 1.807) is 19.1 Å². The Hall–Kier alpha value is -1.12. The fourth-order valence-electron chi connectivity index (χ4n) is 2.30. The first-order valence-corrected chi connectivity index (χ1v) is 10.1. The maximum absolute atomic E-state index is 12.4. The van der Waals surface area contributed by atoms with Gasteiger partial charge in [-0.15, -0.1) is 0 Å². The molecule has 0 spiro atoms. The molecule has 128 valence electrons. The first-order chi connectivity index (χ1) is 10.8. The fraction of sp³-hybridized carbons (Fsp3) is 0.600. The van der Waals surface area contributed by atoms with E-state index in [0.717, 1.165) is 12.8 Å². The Labute approximate surface area is 142 Å². The Morgan fingerprint density at radius 2 is 1.91 bits per heavy atom. The number of aromatic nitrogens is 1.